The standard InChI is InChI=1S/C18H19N3O3S/c1-11-15(9-16-14-5-3-4-6-17(14)19-18(16)22)12(2)21(20-11)13-7-8-25(23,24)10-13/h3-6,9,13H,7-8,10H2,1-2H3,(H,19,22)/b16-9+. The zero-order chi connectivity index (χ0) is 17.8. The Morgan fingerprint density at radius 3 is 2.76 bits per heavy atom. The SMILES string of the molecule is Cc1nn(C2CCS(=O)(=O)C2)c(C)c1/C=C1/C(=O)Nc2ccccc21. The summed E-state index contributed by atoms with van der Waals surface area (Å²) in [6.45, 7) is 3.81. The number of fused-ring (bicyclic) bond motifs is 1. The second-order valence-electron chi connectivity index (χ2n) is 6.64. The number of aromatic nitrogens is 2. The second kappa shape index (κ2) is 5.56. The Balaban J connectivity index is 1.77. The van der Waals surface area contributed by atoms with Crippen LogP contribution in [-0.2, 0) is 14.6 Å². The van der Waals surface area contributed by atoms with Gasteiger partial charge in [-0.2, -0.15) is 5.10 Å². The molecule has 0 bridgehead atoms. The van der Waals surface area contributed by atoms with Crippen LogP contribution in [-0.4, -0.2) is 35.6 Å². The molecule has 130 valence electrons. The van der Waals surface area contributed by atoms with E-state index in [1.54, 1.807) is 0 Å². The van der Waals surface area contributed by atoms with E-state index in [1.807, 2.05) is 48.9 Å². The molecule has 1 fully saturated rings. The molecule has 0 aliphatic carbocycles. The smallest absolute Gasteiger partial charge is 0.256 e. The number of aryl methyl sites for hydroxylation is 1. The Hall–Kier alpha value is -2.41. The van der Waals surface area contributed by atoms with Gasteiger partial charge in [0.15, 0.2) is 9.84 Å². The number of sulfone groups is 1. The lowest BCUT2D eigenvalue weighted by Crippen LogP contribution is -2.14. The Kier molecular flexibility index (Phi) is 3.57. The van der Waals surface area contributed by atoms with Crippen LogP contribution in [0.15, 0.2) is 24.3 Å². The van der Waals surface area contributed by atoms with E-state index in [0.29, 0.717) is 12.0 Å². The van der Waals surface area contributed by atoms with E-state index >= 15 is 0 Å². The van der Waals surface area contributed by atoms with E-state index in [4.69, 9.17) is 0 Å². The third-order valence-electron chi connectivity index (χ3n) is 4.93. The van der Waals surface area contributed by atoms with Crippen LogP contribution in [0.3, 0.4) is 0 Å². The van der Waals surface area contributed by atoms with Gasteiger partial charge in [-0.3, -0.25) is 9.48 Å². The summed E-state index contributed by atoms with van der Waals surface area (Å²) in [6, 6.07) is 7.45. The van der Waals surface area contributed by atoms with Gasteiger partial charge in [0.25, 0.3) is 5.91 Å². The van der Waals surface area contributed by atoms with Gasteiger partial charge in [-0.25, -0.2) is 8.42 Å². The number of rotatable bonds is 2. The highest BCUT2D eigenvalue weighted by molar-refractivity contribution is 7.91. The maximum Gasteiger partial charge on any atom is 0.256 e. The molecule has 1 aromatic carbocycles. The number of hydrogen-bond acceptors (Lipinski definition) is 4. The highest BCUT2D eigenvalue weighted by atomic mass is 32.2. The Morgan fingerprint density at radius 2 is 2.04 bits per heavy atom. The van der Waals surface area contributed by atoms with Crippen molar-refractivity contribution in [1.82, 2.24) is 9.78 Å². The predicted molar refractivity (Wildman–Crippen MR) is 97.0 cm³/mol. The molecule has 25 heavy (non-hydrogen) atoms. The molecular formula is C18H19N3O3S. The third kappa shape index (κ3) is 2.68. The molecule has 2 aliphatic rings. The highest BCUT2D eigenvalue weighted by Gasteiger charge is 2.32. The molecule has 1 saturated heterocycles. The number of carbonyl (C=O) groups excluding carboxylic acids is 1. The molecule has 1 unspecified atom stereocenters. The van der Waals surface area contributed by atoms with E-state index in [1.165, 1.54) is 0 Å². The van der Waals surface area contributed by atoms with Crippen molar-refractivity contribution in [1.29, 1.82) is 0 Å². The summed E-state index contributed by atoms with van der Waals surface area (Å²) < 4.78 is 25.4. The summed E-state index contributed by atoms with van der Waals surface area (Å²) in [6.07, 6.45) is 2.45. The van der Waals surface area contributed by atoms with Gasteiger partial charge in [-0.05, 0) is 32.4 Å². The minimum absolute atomic E-state index is 0.124. The first kappa shape index (κ1) is 16.1. The molecule has 7 heteroatoms. The first-order valence-corrected chi connectivity index (χ1v) is 10.1. The average molecular weight is 357 g/mol. The van der Waals surface area contributed by atoms with E-state index in [-0.39, 0.29) is 23.5 Å². The molecule has 1 atom stereocenters. The third-order valence-corrected chi connectivity index (χ3v) is 6.68. The summed E-state index contributed by atoms with van der Waals surface area (Å²) in [7, 11) is -2.98. The van der Waals surface area contributed by atoms with Crippen LogP contribution < -0.4 is 5.32 Å². The average Bonchev–Trinajstić information content (AvgIpc) is 3.16. The molecule has 1 amide bonds. The van der Waals surface area contributed by atoms with Crippen molar-refractivity contribution in [2.45, 2.75) is 26.3 Å². The van der Waals surface area contributed by atoms with Gasteiger partial charge in [-0.1, -0.05) is 18.2 Å². The van der Waals surface area contributed by atoms with Gasteiger partial charge in [-0.15, -0.1) is 0 Å². The molecular weight excluding hydrogens is 338 g/mol. The number of nitrogens with zero attached hydrogens (tertiary/aromatic N) is 2. The normalized spacial score (nSPS) is 23.0. The van der Waals surface area contributed by atoms with E-state index < -0.39 is 9.84 Å². The topological polar surface area (TPSA) is 81.1 Å². The van der Waals surface area contributed by atoms with E-state index in [2.05, 4.69) is 10.4 Å². The number of anilines is 1. The van der Waals surface area contributed by atoms with Crippen molar-refractivity contribution in [2.24, 2.45) is 0 Å². The zero-order valence-electron chi connectivity index (χ0n) is 14.1. The molecule has 1 N–H and O–H groups in total. The van der Waals surface area contributed by atoms with Crippen molar-refractivity contribution in [2.75, 3.05) is 16.8 Å². The predicted octanol–water partition coefficient (Wildman–Crippen LogP) is 2.35. The minimum Gasteiger partial charge on any atom is -0.321 e. The van der Waals surface area contributed by atoms with Gasteiger partial charge in [0.2, 0.25) is 0 Å². The number of amides is 1. The number of para-hydroxylation sites is 1. The van der Waals surface area contributed by atoms with Crippen LogP contribution >= 0.6 is 0 Å². The fraction of sp³-hybridized carbons (Fsp3) is 0.333. The summed E-state index contributed by atoms with van der Waals surface area (Å²) in [5.41, 5.74) is 4.87. The van der Waals surface area contributed by atoms with Gasteiger partial charge < -0.3 is 5.32 Å². The summed E-state index contributed by atoms with van der Waals surface area (Å²) >= 11 is 0. The van der Waals surface area contributed by atoms with E-state index in [0.717, 1.165) is 28.2 Å². The van der Waals surface area contributed by atoms with Crippen molar-refractivity contribution < 1.29 is 13.2 Å². The molecule has 0 saturated carbocycles. The Labute approximate surface area is 146 Å². The number of carbonyl (C=O) groups is 1. The highest BCUT2D eigenvalue weighted by Crippen LogP contribution is 2.34. The fourth-order valence-electron chi connectivity index (χ4n) is 3.63. The van der Waals surface area contributed by atoms with Crippen molar-refractivity contribution in [3.05, 3.63) is 46.8 Å². The molecule has 1 aromatic heterocycles. The molecule has 2 aliphatic heterocycles. The van der Waals surface area contributed by atoms with Crippen LogP contribution in [0.4, 0.5) is 5.69 Å². The monoisotopic (exact) mass is 357 g/mol. The van der Waals surface area contributed by atoms with Gasteiger partial charge >= 0.3 is 0 Å². The zero-order valence-corrected chi connectivity index (χ0v) is 14.9. The lowest BCUT2D eigenvalue weighted by molar-refractivity contribution is -0.110. The first-order valence-electron chi connectivity index (χ1n) is 8.24. The Morgan fingerprint density at radius 1 is 1.28 bits per heavy atom. The van der Waals surface area contributed by atoms with Gasteiger partial charge in [0.05, 0.1) is 23.2 Å². The molecule has 0 radical (unpaired) electrons. The summed E-state index contributed by atoms with van der Waals surface area (Å²) in [5, 5.41) is 7.42. The molecule has 4 rings (SSSR count). The van der Waals surface area contributed by atoms with Crippen LogP contribution in [0.1, 0.15) is 35.0 Å². The maximum atomic E-state index is 12.3. The van der Waals surface area contributed by atoms with Crippen molar-refractivity contribution >= 4 is 33.1 Å². The Bertz CT molecular complexity index is 1020. The van der Waals surface area contributed by atoms with Crippen molar-refractivity contribution in [3.8, 4) is 0 Å². The fourth-order valence-corrected chi connectivity index (χ4v) is 5.33. The first-order chi connectivity index (χ1) is 11.9. The number of benzene rings is 1. The van der Waals surface area contributed by atoms with Gasteiger partial charge in [0.1, 0.15) is 0 Å². The molecule has 3 heterocycles. The number of hydrogen-bond donors (Lipinski definition) is 1. The largest absolute Gasteiger partial charge is 0.321 e. The number of nitrogens with one attached hydrogen (secondary N) is 1. The molecule has 0 spiro atoms. The second-order valence-corrected chi connectivity index (χ2v) is 8.87. The molecule has 2 aromatic rings. The lowest BCUT2D eigenvalue weighted by atomic mass is 10.0. The summed E-state index contributed by atoms with van der Waals surface area (Å²) in [5.74, 6) is 0.215. The lowest BCUT2D eigenvalue weighted by Gasteiger charge is -2.11. The van der Waals surface area contributed by atoms with Gasteiger partial charge in [0, 0.05) is 28.1 Å². The van der Waals surface area contributed by atoms with Crippen LogP contribution in [0.5, 0.6) is 0 Å². The van der Waals surface area contributed by atoms with Crippen LogP contribution in [0.2, 0.25) is 0 Å². The van der Waals surface area contributed by atoms with Crippen molar-refractivity contribution in [3.63, 3.8) is 0 Å². The van der Waals surface area contributed by atoms with E-state index in [9.17, 15) is 13.2 Å². The minimum atomic E-state index is -2.98. The quantitative estimate of drug-likeness (QED) is 0.837. The summed E-state index contributed by atoms with van der Waals surface area (Å²) in [4.78, 5) is 12.3. The maximum absolute atomic E-state index is 12.3. The molecule has 6 nitrogen and oxygen atoms in total. The van der Waals surface area contributed by atoms with Crippen LogP contribution in [0.25, 0.3) is 11.6 Å². The van der Waals surface area contributed by atoms with Crippen LogP contribution in [0, 0.1) is 13.8 Å².